The highest BCUT2D eigenvalue weighted by Gasteiger charge is 2.69. The van der Waals surface area contributed by atoms with Crippen molar-refractivity contribution in [1.82, 2.24) is 45.0 Å². The Balaban J connectivity index is 0.000000137. The molecule has 16 aliphatic rings. The predicted octanol–water partition coefficient (Wildman–Crippen LogP) is 26.1. The van der Waals surface area contributed by atoms with Crippen LogP contribution in [0.4, 0.5) is 13.2 Å². The number of carbonyl (C=O) groups is 4. The molecule has 0 aliphatic heterocycles. The van der Waals surface area contributed by atoms with E-state index in [4.69, 9.17) is 0 Å². The quantitative estimate of drug-likeness (QED) is 0.0699. The van der Waals surface area contributed by atoms with Gasteiger partial charge in [0.15, 0.2) is 17.3 Å². The minimum atomic E-state index is -0.501. The molecule has 17 nitrogen and oxygen atoms in total. The third kappa shape index (κ3) is 17.7. The van der Waals surface area contributed by atoms with Crippen molar-refractivity contribution in [2.24, 2.45) is 162 Å². The van der Waals surface area contributed by atoms with Crippen LogP contribution in [0.5, 0.6) is 0 Å². The number of halogens is 4. The maximum absolute atomic E-state index is 13.8. The lowest BCUT2D eigenvalue weighted by atomic mass is 9.42. The summed E-state index contributed by atoms with van der Waals surface area (Å²) < 4.78 is 44.2. The van der Waals surface area contributed by atoms with Crippen LogP contribution >= 0.6 is 15.9 Å². The van der Waals surface area contributed by atoms with Gasteiger partial charge in [-0.2, -0.15) is 15.0 Å². The summed E-state index contributed by atoms with van der Waals surface area (Å²) in [5.41, 5.74) is 3.63. The highest BCUT2D eigenvalue weighted by atomic mass is 79.9. The average Bonchev–Trinajstić information content (AvgIpc) is 1.65. The van der Waals surface area contributed by atoms with Gasteiger partial charge in [-0.15, -0.1) is 10.2 Å². The number of aromatic nitrogens is 9. The highest BCUT2D eigenvalue weighted by Crippen LogP contribution is 2.75. The first-order valence-corrected chi connectivity index (χ1v) is 53.9. The van der Waals surface area contributed by atoms with Crippen LogP contribution in [0, 0.1) is 179 Å². The molecule has 135 heavy (non-hydrogen) atoms. The van der Waals surface area contributed by atoms with E-state index < -0.39 is 22.4 Å². The Hall–Kier alpha value is -5.35. The number of Topliss-reactive ketones (excluding diaryl/α,β-unsaturated/α-hetero) is 4. The van der Waals surface area contributed by atoms with Gasteiger partial charge in [0.05, 0.1) is 38.8 Å². The van der Waals surface area contributed by atoms with E-state index in [9.17, 15) is 52.8 Å². The molecule has 750 valence electrons. The molecule has 0 spiro atoms. The van der Waals surface area contributed by atoms with E-state index in [2.05, 4.69) is 109 Å². The Morgan fingerprint density at radius 1 is 0.333 bits per heavy atom. The van der Waals surface area contributed by atoms with E-state index in [0.717, 1.165) is 176 Å². The fourth-order valence-corrected chi connectivity index (χ4v) is 38.3. The molecule has 4 N–H and O–H groups in total. The number of fused-ring (bicyclic) bond motifs is 23. The van der Waals surface area contributed by atoms with E-state index >= 15 is 0 Å². The maximum Gasteiger partial charge on any atom is 0.159 e. The van der Waals surface area contributed by atoms with Gasteiger partial charge in [0.2, 0.25) is 0 Å². The lowest BCUT2D eigenvalue weighted by Gasteiger charge is -2.63. The van der Waals surface area contributed by atoms with Crippen molar-refractivity contribution in [3.05, 3.63) is 72.0 Å². The third-order valence-electron chi connectivity index (χ3n) is 44.2. The molecule has 3 heterocycles. The maximum atomic E-state index is 13.8. The van der Waals surface area contributed by atoms with Gasteiger partial charge in [0, 0.05) is 41.9 Å². The minimum Gasteiger partial charge on any atom is -0.390 e. The molecule has 16 saturated carbocycles. The summed E-state index contributed by atoms with van der Waals surface area (Å²) in [5.74, 6) is 11.8. The zero-order valence-electron chi connectivity index (χ0n) is 81.3. The molecule has 16 fully saturated rings. The third-order valence-corrected chi connectivity index (χ3v) is 44.7. The van der Waals surface area contributed by atoms with Gasteiger partial charge in [0.1, 0.15) is 64.9 Å². The lowest BCUT2D eigenvalue weighted by molar-refractivity contribution is -0.158. The number of rotatable bonds is 15. The van der Waals surface area contributed by atoms with Crippen molar-refractivity contribution in [2.75, 3.05) is 5.33 Å². The zero-order chi connectivity index (χ0) is 92.5. The molecule has 16 aliphatic carbocycles. The molecule has 3 aromatic carbocycles. The van der Waals surface area contributed by atoms with Gasteiger partial charge in [-0.05, 0) is 459 Å². The standard InChI is InChI=1S/3C29H40FN3O2.C23H37BrO2.4CH4/c1-4-29-14-13-27(2,35)16-18(29)5-7-20-21-8-9-23(28(21,3)12-11-22(20)29)26(34)17-33-25-10-6-19(30)15-24(25)31-32-33;1-4-29-14-13-27(2,35)16-18(29)5-7-20-21-8-9-23(28(21,3)12-11-22(20)29)26(34)17-33-25-15-19(30)6-10-24(25)31-32-33;1-4-29-14-13-27(2,35)16-18(29)5-7-20-21-8-9-23(28(21,3)12-11-22(20)29)26(34)17-33-31-24-10-6-19(30)15-25(24)32-33;1-4-23-12-11-21(2,26)13-15(23)5-6-16-17-7-8-19(20(25)14-24)22(17,3)10-9-18(16)23;;;;/h3*6,10,15,18,20-23,35H,4-5,7-9,11-14,16-17H2,1-3H3;15-19,26H,4-14H2,1-3H3;4*1H4/t3*18-,20-,21-,22-,23+,27+,28-,29-;15-,16-,17-,18-,19+,21+,22-,23-;;;;/m0000..../s1. The molecular weight excluding hydrogens is 1760 g/mol. The Bertz CT molecular complexity index is 5240. The topological polar surface area (TPSA) is 241 Å². The molecule has 22 rings (SSSR count). The van der Waals surface area contributed by atoms with E-state index in [-0.39, 0.29) is 129 Å². The number of carbonyl (C=O) groups excluding carboxylic acids is 4. The fraction of sp³-hybridized carbons (Fsp3) is 0.807. The van der Waals surface area contributed by atoms with Crippen LogP contribution in [-0.2, 0) is 38.8 Å². The molecule has 0 bridgehead atoms. The summed E-state index contributed by atoms with van der Waals surface area (Å²) in [6.07, 6.45) is 45.7. The largest absolute Gasteiger partial charge is 0.390 e. The van der Waals surface area contributed by atoms with Gasteiger partial charge in [-0.25, -0.2) is 22.5 Å². The van der Waals surface area contributed by atoms with Crippen LogP contribution in [0.3, 0.4) is 0 Å². The second kappa shape index (κ2) is 38.4. The van der Waals surface area contributed by atoms with Crippen LogP contribution in [0.2, 0.25) is 0 Å². The Labute approximate surface area is 815 Å². The number of nitrogens with zero attached hydrogens (tertiary/aromatic N) is 9. The molecule has 0 unspecified atom stereocenters. The summed E-state index contributed by atoms with van der Waals surface area (Å²) in [7, 11) is 0. The lowest BCUT2D eigenvalue weighted by Crippen LogP contribution is -2.56. The van der Waals surface area contributed by atoms with E-state index in [0.29, 0.717) is 120 Å². The second-order valence-corrected chi connectivity index (χ2v) is 50.1. The summed E-state index contributed by atoms with van der Waals surface area (Å²) in [5, 5.41) is 69.1. The average molecular weight is 1930 g/mol. The van der Waals surface area contributed by atoms with Crippen molar-refractivity contribution in [3.63, 3.8) is 0 Å². The summed E-state index contributed by atoms with van der Waals surface area (Å²) in [4.78, 5) is 55.0. The molecular formula is C114H173BrF3N9O8. The second-order valence-electron chi connectivity index (χ2n) is 49.6. The smallest absolute Gasteiger partial charge is 0.159 e. The van der Waals surface area contributed by atoms with Crippen molar-refractivity contribution >= 4 is 72.2 Å². The van der Waals surface area contributed by atoms with E-state index in [1.165, 1.54) is 163 Å². The van der Waals surface area contributed by atoms with Crippen molar-refractivity contribution in [2.45, 2.75) is 412 Å². The predicted molar refractivity (Wildman–Crippen MR) is 535 cm³/mol. The van der Waals surface area contributed by atoms with Gasteiger partial charge in [-0.3, -0.25) is 19.2 Å². The highest BCUT2D eigenvalue weighted by molar-refractivity contribution is 9.09. The van der Waals surface area contributed by atoms with Gasteiger partial charge < -0.3 is 20.4 Å². The molecule has 3 aromatic heterocycles. The molecule has 0 amide bonds. The minimum absolute atomic E-state index is 0. The van der Waals surface area contributed by atoms with Crippen molar-refractivity contribution in [1.29, 1.82) is 0 Å². The summed E-state index contributed by atoms with van der Waals surface area (Å²) in [6, 6.07) is 13.3. The fourth-order valence-electron chi connectivity index (χ4n) is 37.9. The number of hydrogen-bond acceptors (Lipinski definition) is 14. The summed E-state index contributed by atoms with van der Waals surface area (Å²) in [6.45, 7) is 27.9. The SMILES string of the molecule is C.C.C.C.CC[C@]12CC[C@@](C)(O)C[C@@H]1CC[C@H]1[C@@H]3CC[C@H](C(=O)CBr)[C@@]3(C)CC[C@@H]12.CC[C@]12CC[C@@](C)(O)C[C@@H]1CC[C@H]1[C@@H]3CC[C@H](C(=O)Cn4nc5ccc(F)cc5n4)[C@@]3(C)CC[C@@H]12.CC[C@]12CC[C@@](C)(O)C[C@@H]1CC[C@H]1[C@@H]3CC[C@H](C(=O)Cn4nnc5cc(F)ccc54)[C@@]3(C)CC[C@@H]12.CC[C@]12CC[C@@](C)(O)C[C@@H]1CC[C@H]1[C@@H]3CC[C@H](C(=O)Cn4nnc5ccc(F)cc54)[C@@]3(C)CC[C@@H]12. The first-order valence-electron chi connectivity index (χ1n) is 52.8. The van der Waals surface area contributed by atoms with Gasteiger partial charge >= 0.3 is 0 Å². The zero-order valence-corrected chi connectivity index (χ0v) is 82.9. The Morgan fingerprint density at radius 3 is 0.978 bits per heavy atom. The van der Waals surface area contributed by atoms with Crippen LogP contribution in [0.15, 0.2) is 54.6 Å². The van der Waals surface area contributed by atoms with Gasteiger partial charge in [-0.1, -0.05) is 111 Å². The number of alkyl halides is 1. The Kier molecular flexibility index (Phi) is 29.6. The molecule has 0 saturated heterocycles. The number of ketones is 4. The van der Waals surface area contributed by atoms with Crippen LogP contribution in [-0.4, -0.2) is 116 Å². The molecule has 21 heteroatoms. The van der Waals surface area contributed by atoms with Crippen molar-refractivity contribution in [3.8, 4) is 0 Å². The van der Waals surface area contributed by atoms with Crippen molar-refractivity contribution < 1.29 is 52.8 Å². The number of benzene rings is 3. The van der Waals surface area contributed by atoms with E-state index in [1.807, 2.05) is 20.8 Å². The van der Waals surface area contributed by atoms with Crippen LogP contribution in [0.25, 0.3) is 33.1 Å². The molecule has 0 radical (unpaired) electrons. The molecule has 32 atom stereocenters. The normalized spacial score (nSPS) is 43.7. The monoisotopic (exact) mass is 1930 g/mol. The Morgan fingerprint density at radius 2 is 0.630 bits per heavy atom. The number of aliphatic hydroxyl groups is 4. The van der Waals surface area contributed by atoms with Crippen LogP contribution < -0.4 is 0 Å². The first kappa shape index (κ1) is 104. The number of hydrogen-bond donors (Lipinski definition) is 4. The van der Waals surface area contributed by atoms with Gasteiger partial charge in [0.25, 0.3) is 0 Å². The van der Waals surface area contributed by atoms with Crippen LogP contribution in [0.1, 0.15) is 370 Å². The summed E-state index contributed by atoms with van der Waals surface area (Å²) >= 11 is 3.44. The first-order chi connectivity index (χ1) is 62.3. The van der Waals surface area contributed by atoms with E-state index in [1.54, 1.807) is 27.6 Å². The molecule has 6 aromatic rings.